The number of phenols is 1. The van der Waals surface area contributed by atoms with E-state index >= 15 is 0 Å². The smallest absolute Gasteiger partial charge is 0.229 e. The Morgan fingerprint density at radius 2 is 1.38 bits per heavy atom. The van der Waals surface area contributed by atoms with Gasteiger partial charge in [-0.15, -0.1) is 0 Å². The maximum absolute atomic E-state index is 10.3. The summed E-state index contributed by atoms with van der Waals surface area (Å²) < 4.78 is 34.3. The number of hydrogen-bond donors (Lipinski definition) is 5. The zero-order chi connectivity index (χ0) is 26.3. The molecule has 3 aliphatic rings. The molecule has 0 aliphatic carbocycles. The molecule has 2 aromatic rings. The minimum Gasteiger partial charge on any atom is -0.504 e. The first kappa shape index (κ1) is 26.0. The summed E-state index contributed by atoms with van der Waals surface area (Å²) in [6, 6.07) is 10.5. The zero-order valence-corrected chi connectivity index (χ0v) is 20.5. The number of aromatic hydroxyl groups is 1. The fourth-order valence-electron chi connectivity index (χ4n) is 5.35. The molecule has 37 heavy (non-hydrogen) atoms. The Bertz CT molecular complexity index is 1090. The second-order valence-electron chi connectivity index (χ2n) is 9.49. The topological polar surface area (TPSA) is 157 Å². The highest BCUT2D eigenvalue weighted by Crippen LogP contribution is 2.51. The summed E-state index contributed by atoms with van der Waals surface area (Å²) in [6.07, 6.45) is -7.41. The SMILES string of the molecule is COc1cc([C@H]2OC[C@@H]3[C@@H]2CO[C@@H]3c2ccc(O[C@@H]3O[C@@H](CO)[C@@H](O)[C@@H](O)[C@H]3O)c(OC)c2)ccc1O. The summed E-state index contributed by atoms with van der Waals surface area (Å²) >= 11 is 0. The number of aliphatic hydroxyl groups is 4. The molecule has 5 N–H and O–H groups in total. The van der Waals surface area contributed by atoms with Gasteiger partial charge >= 0.3 is 0 Å². The van der Waals surface area contributed by atoms with Crippen molar-refractivity contribution < 1.29 is 54.0 Å². The second-order valence-corrected chi connectivity index (χ2v) is 9.49. The van der Waals surface area contributed by atoms with Crippen molar-refractivity contribution in [2.24, 2.45) is 11.8 Å². The van der Waals surface area contributed by atoms with Crippen LogP contribution in [0.4, 0.5) is 0 Å². The van der Waals surface area contributed by atoms with Crippen LogP contribution in [0.2, 0.25) is 0 Å². The minimum absolute atomic E-state index is 0.0689. The largest absolute Gasteiger partial charge is 0.504 e. The van der Waals surface area contributed by atoms with Crippen LogP contribution in [0.15, 0.2) is 36.4 Å². The Morgan fingerprint density at radius 1 is 0.784 bits per heavy atom. The Morgan fingerprint density at radius 3 is 1.97 bits per heavy atom. The van der Waals surface area contributed by atoms with Crippen molar-refractivity contribution in [2.75, 3.05) is 34.0 Å². The van der Waals surface area contributed by atoms with Crippen molar-refractivity contribution in [1.82, 2.24) is 0 Å². The third-order valence-corrected chi connectivity index (χ3v) is 7.40. The molecule has 0 unspecified atom stereocenters. The first-order valence-electron chi connectivity index (χ1n) is 12.1. The van der Waals surface area contributed by atoms with Gasteiger partial charge in [0.25, 0.3) is 0 Å². The van der Waals surface area contributed by atoms with Crippen molar-refractivity contribution in [3.8, 4) is 23.0 Å². The van der Waals surface area contributed by atoms with Crippen molar-refractivity contribution in [2.45, 2.75) is 42.9 Å². The average Bonchev–Trinajstić information content (AvgIpc) is 3.52. The quantitative estimate of drug-likeness (QED) is 0.349. The molecule has 0 amide bonds. The number of rotatable bonds is 7. The van der Waals surface area contributed by atoms with Gasteiger partial charge in [-0.1, -0.05) is 12.1 Å². The van der Waals surface area contributed by atoms with Crippen molar-refractivity contribution >= 4 is 0 Å². The standard InChI is InChI=1S/C26H32O11/c1-32-18-7-12(3-5-16(18)28)24-14-10-35-25(15(14)11-34-24)13-4-6-17(19(8-13)33-2)36-26-23(31)22(30)21(29)20(9-27)37-26/h3-8,14-15,20-31H,9-11H2,1-2H3/t14-,15+,20-,21+,22+,23+,24+,25+,26+/m0/s1. The van der Waals surface area contributed by atoms with Crippen molar-refractivity contribution in [1.29, 1.82) is 0 Å². The van der Waals surface area contributed by atoms with E-state index in [1.165, 1.54) is 14.2 Å². The highest BCUT2D eigenvalue weighted by atomic mass is 16.7. The summed E-state index contributed by atoms with van der Waals surface area (Å²) in [5, 5.41) is 49.7. The van der Waals surface area contributed by atoms with Gasteiger partial charge in [0.05, 0.1) is 46.2 Å². The predicted molar refractivity (Wildman–Crippen MR) is 126 cm³/mol. The summed E-state index contributed by atoms with van der Waals surface area (Å²) in [5.74, 6) is 1.27. The molecular formula is C26H32O11. The zero-order valence-electron chi connectivity index (χ0n) is 20.5. The molecule has 0 saturated carbocycles. The van der Waals surface area contributed by atoms with Gasteiger partial charge in [0.2, 0.25) is 6.29 Å². The molecule has 3 fully saturated rings. The number of benzene rings is 2. The molecule has 5 rings (SSSR count). The van der Waals surface area contributed by atoms with Crippen LogP contribution < -0.4 is 14.2 Å². The van der Waals surface area contributed by atoms with Gasteiger partial charge in [0, 0.05) is 11.8 Å². The molecule has 11 heteroatoms. The molecule has 2 aromatic carbocycles. The summed E-state index contributed by atoms with van der Waals surface area (Å²) in [7, 11) is 2.98. The van der Waals surface area contributed by atoms with Gasteiger partial charge in [0.15, 0.2) is 23.0 Å². The predicted octanol–water partition coefficient (Wildman–Crippen LogP) is 0.663. The monoisotopic (exact) mass is 520 g/mol. The molecule has 3 aliphatic heterocycles. The fourth-order valence-corrected chi connectivity index (χ4v) is 5.35. The molecular weight excluding hydrogens is 488 g/mol. The Hall–Kier alpha value is -2.64. The normalized spacial score (nSPS) is 35.2. The molecule has 3 saturated heterocycles. The van der Waals surface area contributed by atoms with Crippen LogP contribution in [0.25, 0.3) is 0 Å². The average molecular weight is 521 g/mol. The van der Waals surface area contributed by atoms with E-state index in [0.717, 1.165) is 11.1 Å². The molecule has 9 atom stereocenters. The number of hydrogen-bond acceptors (Lipinski definition) is 11. The molecule has 0 spiro atoms. The van der Waals surface area contributed by atoms with E-state index in [1.807, 2.05) is 12.1 Å². The van der Waals surface area contributed by atoms with Gasteiger partial charge < -0.3 is 54.0 Å². The van der Waals surface area contributed by atoms with Crippen LogP contribution in [0, 0.1) is 11.8 Å². The third kappa shape index (κ3) is 4.72. The van der Waals surface area contributed by atoms with Gasteiger partial charge in [0.1, 0.15) is 24.4 Å². The summed E-state index contributed by atoms with van der Waals surface area (Å²) in [5.41, 5.74) is 1.77. The van der Waals surface area contributed by atoms with Crippen LogP contribution in [0.5, 0.6) is 23.0 Å². The minimum atomic E-state index is -1.55. The molecule has 0 bridgehead atoms. The lowest BCUT2D eigenvalue weighted by Gasteiger charge is -2.39. The summed E-state index contributed by atoms with van der Waals surface area (Å²) in [6.45, 7) is 0.436. The van der Waals surface area contributed by atoms with Crippen LogP contribution >= 0.6 is 0 Å². The Kier molecular flexibility index (Phi) is 7.46. The van der Waals surface area contributed by atoms with Crippen LogP contribution in [0.3, 0.4) is 0 Å². The summed E-state index contributed by atoms with van der Waals surface area (Å²) in [4.78, 5) is 0. The fraction of sp³-hybridized carbons (Fsp3) is 0.538. The van der Waals surface area contributed by atoms with E-state index in [0.29, 0.717) is 24.7 Å². The first-order valence-corrected chi connectivity index (χ1v) is 12.1. The Balaban J connectivity index is 1.32. The van der Waals surface area contributed by atoms with E-state index < -0.39 is 37.3 Å². The molecule has 0 aromatic heterocycles. The molecule has 3 heterocycles. The Labute approximate surface area is 213 Å². The number of phenolic OH excluding ortho intramolecular Hbond substituents is 1. The molecule has 202 valence electrons. The van der Waals surface area contributed by atoms with E-state index in [4.69, 9.17) is 28.4 Å². The van der Waals surface area contributed by atoms with Gasteiger partial charge in [-0.05, 0) is 35.4 Å². The van der Waals surface area contributed by atoms with Crippen LogP contribution in [0.1, 0.15) is 23.3 Å². The molecule has 0 radical (unpaired) electrons. The van der Waals surface area contributed by atoms with Gasteiger partial charge in [-0.2, -0.15) is 0 Å². The van der Waals surface area contributed by atoms with Crippen molar-refractivity contribution in [3.63, 3.8) is 0 Å². The number of aliphatic hydroxyl groups excluding tert-OH is 4. The van der Waals surface area contributed by atoms with E-state index in [-0.39, 0.29) is 35.5 Å². The number of methoxy groups -OCH3 is 2. The maximum Gasteiger partial charge on any atom is 0.229 e. The second kappa shape index (κ2) is 10.6. The van der Waals surface area contributed by atoms with Crippen LogP contribution in [-0.2, 0) is 14.2 Å². The lowest BCUT2D eigenvalue weighted by Crippen LogP contribution is -2.60. The lowest BCUT2D eigenvalue weighted by molar-refractivity contribution is -0.277. The van der Waals surface area contributed by atoms with E-state index in [1.54, 1.807) is 24.3 Å². The van der Waals surface area contributed by atoms with Gasteiger partial charge in [-0.3, -0.25) is 0 Å². The first-order chi connectivity index (χ1) is 17.9. The highest BCUT2D eigenvalue weighted by Gasteiger charge is 2.49. The maximum atomic E-state index is 10.3. The highest BCUT2D eigenvalue weighted by molar-refractivity contribution is 5.45. The van der Waals surface area contributed by atoms with Crippen LogP contribution in [-0.4, -0.2) is 90.3 Å². The molecule has 11 nitrogen and oxygen atoms in total. The third-order valence-electron chi connectivity index (χ3n) is 7.40. The number of ether oxygens (including phenoxy) is 6. The number of fused-ring (bicyclic) bond motifs is 1. The lowest BCUT2D eigenvalue weighted by atomic mass is 9.85. The van der Waals surface area contributed by atoms with Crippen molar-refractivity contribution in [3.05, 3.63) is 47.5 Å². The van der Waals surface area contributed by atoms with E-state index in [9.17, 15) is 25.5 Å². The van der Waals surface area contributed by atoms with Gasteiger partial charge in [-0.25, -0.2) is 0 Å². The van der Waals surface area contributed by atoms with E-state index in [2.05, 4.69) is 0 Å².